The molecule has 2 aliphatic rings. The van der Waals surface area contributed by atoms with Crippen LogP contribution >= 0.6 is 15.9 Å². The first kappa shape index (κ1) is 14.9. The number of hydrogen-bond donors (Lipinski definition) is 1. The van der Waals surface area contributed by atoms with Crippen molar-refractivity contribution in [2.45, 2.75) is 25.3 Å². The third-order valence-corrected chi connectivity index (χ3v) is 5.78. The predicted molar refractivity (Wildman–Crippen MR) is 95.5 cm³/mol. The molecule has 4 heteroatoms. The molecule has 0 unspecified atom stereocenters. The molecule has 2 aliphatic heterocycles. The fraction of sp³-hybridized carbons (Fsp3) is 0.368. The van der Waals surface area contributed by atoms with Gasteiger partial charge in [0.2, 0.25) is 0 Å². The van der Waals surface area contributed by atoms with Crippen molar-refractivity contribution in [3.8, 4) is 11.5 Å². The number of ether oxygens (including phenoxy) is 2. The molecule has 0 saturated carbocycles. The molecule has 2 aromatic carbocycles. The van der Waals surface area contributed by atoms with Crippen LogP contribution in [0.2, 0.25) is 0 Å². The van der Waals surface area contributed by atoms with E-state index in [4.69, 9.17) is 9.47 Å². The quantitative estimate of drug-likeness (QED) is 0.769. The van der Waals surface area contributed by atoms with Crippen molar-refractivity contribution in [2.24, 2.45) is 5.92 Å². The van der Waals surface area contributed by atoms with Crippen LogP contribution in [-0.4, -0.2) is 13.7 Å². The van der Waals surface area contributed by atoms with Crippen LogP contribution in [0.15, 0.2) is 40.9 Å². The Morgan fingerprint density at radius 1 is 1.22 bits per heavy atom. The molecule has 0 aliphatic carbocycles. The van der Waals surface area contributed by atoms with Gasteiger partial charge in [-0.1, -0.05) is 29.8 Å². The highest BCUT2D eigenvalue weighted by atomic mass is 79.9. The molecule has 0 fully saturated rings. The zero-order chi connectivity index (χ0) is 16.2. The van der Waals surface area contributed by atoms with Crippen LogP contribution < -0.4 is 14.8 Å². The summed E-state index contributed by atoms with van der Waals surface area (Å²) in [6, 6.07) is 12.8. The van der Waals surface area contributed by atoms with Crippen LogP contribution in [0.5, 0.6) is 11.5 Å². The summed E-state index contributed by atoms with van der Waals surface area (Å²) < 4.78 is 12.6. The molecule has 1 N–H and O–H groups in total. The van der Waals surface area contributed by atoms with Gasteiger partial charge in [-0.05, 0) is 42.0 Å². The number of fused-ring (bicyclic) bond motifs is 4. The molecule has 0 aromatic heterocycles. The van der Waals surface area contributed by atoms with Gasteiger partial charge >= 0.3 is 0 Å². The molecule has 0 radical (unpaired) electrons. The second-order valence-corrected chi connectivity index (χ2v) is 7.77. The lowest BCUT2D eigenvalue weighted by Crippen LogP contribution is -2.46. The molecular weight excluding hydrogens is 354 g/mol. The van der Waals surface area contributed by atoms with E-state index >= 15 is 0 Å². The molecule has 0 bridgehead atoms. The molecular formula is C19H20BrNO2. The Morgan fingerprint density at radius 3 is 2.83 bits per heavy atom. The van der Waals surface area contributed by atoms with Crippen LogP contribution in [-0.2, 0) is 5.41 Å². The van der Waals surface area contributed by atoms with Crippen LogP contribution in [0.1, 0.15) is 31.0 Å². The van der Waals surface area contributed by atoms with Crippen LogP contribution in [0.25, 0.3) is 0 Å². The largest absolute Gasteiger partial charge is 0.497 e. The summed E-state index contributed by atoms with van der Waals surface area (Å²) in [5.74, 6) is 2.25. The van der Waals surface area contributed by atoms with E-state index in [9.17, 15) is 0 Å². The average molecular weight is 374 g/mol. The zero-order valence-electron chi connectivity index (χ0n) is 13.5. The fourth-order valence-electron chi connectivity index (χ4n) is 3.87. The van der Waals surface area contributed by atoms with Gasteiger partial charge in [-0.25, -0.2) is 0 Å². The number of rotatable bonds is 1. The lowest BCUT2D eigenvalue weighted by atomic mass is 9.65. The van der Waals surface area contributed by atoms with Gasteiger partial charge in [0.05, 0.1) is 19.8 Å². The standard InChI is InChI=1S/C19H20BrNO2/c1-19(2)14-9-12(22-3)5-6-16(14)21-18-13-8-11(20)4-7-17(13)23-10-15(18)19/h4-9,15,18,21H,10H2,1-3H3/t15-,18+/m1/s1. The van der Waals surface area contributed by atoms with E-state index in [0.717, 1.165) is 22.6 Å². The van der Waals surface area contributed by atoms with Crippen molar-refractivity contribution >= 4 is 21.6 Å². The number of anilines is 1. The van der Waals surface area contributed by atoms with Crippen molar-refractivity contribution in [3.05, 3.63) is 52.0 Å². The second-order valence-electron chi connectivity index (χ2n) is 6.85. The fourth-order valence-corrected chi connectivity index (χ4v) is 4.25. The number of benzene rings is 2. The summed E-state index contributed by atoms with van der Waals surface area (Å²) in [5.41, 5.74) is 3.70. The number of halogens is 1. The predicted octanol–water partition coefficient (Wildman–Crippen LogP) is 4.91. The zero-order valence-corrected chi connectivity index (χ0v) is 15.1. The SMILES string of the molecule is COc1ccc2c(c1)C(C)(C)[C@@H]1COc3ccc(Br)cc3[C@@H]1N2. The average Bonchev–Trinajstić information content (AvgIpc) is 2.54. The molecule has 120 valence electrons. The van der Waals surface area contributed by atoms with E-state index < -0.39 is 0 Å². The third kappa shape index (κ3) is 2.23. The first-order valence-electron chi connectivity index (χ1n) is 7.88. The lowest BCUT2D eigenvalue weighted by molar-refractivity contribution is 0.135. The molecule has 0 spiro atoms. The summed E-state index contributed by atoms with van der Waals surface area (Å²) in [4.78, 5) is 0. The van der Waals surface area contributed by atoms with E-state index in [-0.39, 0.29) is 11.5 Å². The minimum absolute atomic E-state index is 0.000201. The summed E-state index contributed by atoms with van der Waals surface area (Å²) in [7, 11) is 1.71. The van der Waals surface area contributed by atoms with E-state index in [2.05, 4.69) is 53.3 Å². The third-order valence-electron chi connectivity index (χ3n) is 5.29. The van der Waals surface area contributed by atoms with E-state index in [1.165, 1.54) is 16.8 Å². The summed E-state index contributed by atoms with van der Waals surface area (Å²) >= 11 is 3.59. The Kier molecular flexibility index (Phi) is 3.34. The molecule has 0 saturated heterocycles. The van der Waals surface area contributed by atoms with Gasteiger partial charge in [0.1, 0.15) is 11.5 Å². The number of hydrogen-bond acceptors (Lipinski definition) is 3. The molecule has 4 rings (SSSR count). The van der Waals surface area contributed by atoms with E-state index in [1.54, 1.807) is 7.11 Å². The Morgan fingerprint density at radius 2 is 2.04 bits per heavy atom. The van der Waals surface area contributed by atoms with Crippen molar-refractivity contribution < 1.29 is 9.47 Å². The van der Waals surface area contributed by atoms with Crippen molar-refractivity contribution in [3.63, 3.8) is 0 Å². The Balaban J connectivity index is 1.85. The normalized spacial score (nSPS) is 23.7. The number of nitrogens with one attached hydrogen (secondary N) is 1. The van der Waals surface area contributed by atoms with Gasteiger partial charge in [-0.3, -0.25) is 0 Å². The van der Waals surface area contributed by atoms with Crippen LogP contribution in [0.4, 0.5) is 5.69 Å². The Hall–Kier alpha value is -1.68. The summed E-state index contributed by atoms with van der Waals surface area (Å²) in [6.07, 6.45) is 0. The van der Waals surface area contributed by atoms with Crippen LogP contribution in [0.3, 0.4) is 0 Å². The summed E-state index contributed by atoms with van der Waals surface area (Å²) in [6.45, 7) is 5.32. The Bertz CT molecular complexity index is 772. The van der Waals surface area contributed by atoms with Gasteiger partial charge in [0, 0.05) is 27.1 Å². The van der Waals surface area contributed by atoms with Crippen molar-refractivity contribution in [1.29, 1.82) is 0 Å². The highest BCUT2D eigenvalue weighted by molar-refractivity contribution is 9.10. The molecule has 2 aromatic rings. The first-order chi connectivity index (χ1) is 11.0. The van der Waals surface area contributed by atoms with Gasteiger partial charge in [-0.2, -0.15) is 0 Å². The van der Waals surface area contributed by atoms with Crippen LogP contribution in [0, 0.1) is 5.92 Å². The smallest absolute Gasteiger partial charge is 0.124 e. The highest BCUT2D eigenvalue weighted by Gasteiger charge is 2.46. The topological polar surface area (TPSA) is 30.5 Å². The molecule has 2 heterocycles. The van der Waals surface area contributed by atoms with Gasteiger partial charge < -0.3 is 14.8 Å². The van der Waals surface area contributed by atoms with E-state index in [0.29, 0.717) is 5.92 Å². The molecule has 0 amide bonds. The van der Waals surface area contributed by atoms with Gasteiger partial charge in [0.25, 0.3) is 0 Å². The minimum atomic E-state index is -0.000201. The first-order valence-corrected chi connectivity index (χ1v) is 8.67. The van der Waals surface area contributed by atoms with E-state index in [1.807, 2.05) is 18.2 Å². The molecule has 23 heavy (non-hydrogen) atoms. The highest BCUT2D eigenvalue weighted by Crippen LogP contribution is 2.52. The maximum atomic E-state index is 6.06. The number of methoxy groups -OCH3 is 1. The molecule has 2 atom stereocenters. The monoisotopic (exact) mass is 373 g/mol. The Labute approximate surface area is 145 Å². The van der Waals surface area contributed by atoms with Gasteiger partial charge in [-0.15, -0.1) is 0 Å². The van der Waals surface area contributed by atoms with Crippen molar-refractivity contribution in [2.75, 3.05) is 19.0 Å². The lowest BCUT2D eigenvalue weighted by Gasteiger charge is -2.48. The maximum absolute atomic E-state index is 6.06. The molecule has 3 nitrogen and oxygen atoms in total. The summed E-state index contributed by atoms with van der Waals surface area (Å²) in [5, 5.41) is 3.73. The van der Waals surface area contributed by atoms with Gasteiger partial charge in [0.15, 0.2) is 0 Å². The second kappa shape index (κ2) is 5.17. The minimum Gasteiger partial charge on any atom is -0.497 e. The van der Waals surface area contributed by atoms with Crippen molar-refractivity contribution in [1.82, 2.24) is 0 Å². The maximum Gasteiger partial charge on any atom is 0.124 e.